The van der Waals surface area contributed by atoms with E-state index in [0.717, 1.165) is 50.9 Å². The summed E-state index contributed by atoms with van der Waals surface area (Å²) in [4.78, 5) is 11.3. The van der Waals surface area contributed by atoms with Crippen LogP contribution >= 0.6 is 0 Å². The molecule has 1 aliphatic rings. The highest BCUT2D eigenvalue weighted by Gasteiger charge is 2.16. The first-order valence-corrected chi connectivity index (χ1v) is 10.0. The Kier molecular flexibility index (Phi) is 7.67. The molecule has 0 amide bonds. The van der Waals surface area contributed by atoms with Crippen LogP contribution in [0.15, 0.2) is 53.7 Å². The number of anilines is 1. The molecule has 6 heteroatoms. The molecule has 0 aliphatic carbocycles. The summed E-state index contributed by atoms with van der Waals surface area (Å²) in [5, 5.41) is 6.93. The minimum atomic E-state index is 0.332. The lowest BCUT2D eigenvalue weighted by Gasteiger charge is -2.29. The van der Waals surface area contributed by atoms with E-state index in [-0.39, 0.29) is 0 Å². The van der Waals surface area contributed by atoms with Crippen molar-refractivity contribution >= 4 is 11.8 Å². The van der Waals surface area contributed by atoms with E-state index in [4.69, 9.17) is 4.74 Å². The summed E-state index contributed by atoms with van der Waals surface area (Å²) >= 11 is 0. The Labute approximate surface area is 168 Å². The molecule has 2 heterocycles. The minimum Gasteiger partial charge on any atom is -0.378 e. The maximum Gasteiger partial charge on any atom is 0.191 e. The monoisotopic (exact) mass is 381 g/mol. The van der Waals surface area contributed by atoms with Crippen molar-refractivity contribution in [2.24, 2.45) is 4.99 Å². The second-order valence-electron chi connectivity index (χ2n) is 7.08. The van der Waals surface area contributed by atoms with Gasteiger partial charge in [-0.1, -0.05) is 36.4 Å². The molecule has 0 radical (unpaired) electrons. The Morgan fingerprint density at radius 3 is 2.71 bits per heavy atom. The van der Waals surface area contributed by atoms with Crippen molar-refractivity contribution < 1.29 is 4.74 Å². The smallest absolute Gasteiger partial charge is 0.191 e. The molecule has 1 aliphatic heterocycles. The first kappa shape index (κ1) is 20.1. The SMILES string of the molecule is CN=C(NCc1cccnc1N1CCOCC1)NC(C)CCc1ccccc1. The number of hydrogen-bond donors (Lipinski definition) is 2. The van der Waals surface area contributed by atoms with E-state index >= 15 is 0 Å². The van der Waals surface area contributed by atoms with Crippen molar-refractivity contribution in [3.63, 3.8) is 0 Å². The fourth-order valence-corrected chi connectivity index (χ4v) is 3.34. The number of aromatic nitrogens is 1. The number of nitrogens with one attached hydrogen (secondary N) is 2. The van der Waals surface area contributed by atoms with Crippen molar-refractivity contribution in [3.8, 4) is 0 Å². The number of hydrogen-bond acceptors (Lipinski definition) is 4. The standard InChI is InChI=1S/C22H31N5O/c1-18(10-11-19-7-4-3-5-8-19)26-22(23-2)25-17-20-9-6-12-24-21(20)27-13-15-28-16-14-27/h3-9,12,18H,10-11,13-17H2,1-2H3,(H2,23,25,26). The zero-order chi connectivity index (χ0) is 19.6. The summed E-state index contributed by atoms with van der Waals surface area (Å²) in [5.41, 5.74) is 2.54. The highest BCUT2D eigenvalue weighted by atomic mass is 16.5. The zero-order valence-corrected chi connectivity index (χ0v) is 16.9. The van der Waals surface area contributed by atoms with Crippen LogP contribution in [0, 0.1) is 0 Å². The van der Waals surface area contributed by atoms with Crippen molar-refractivity contribution in [1.29, 1.82) is 0 Å². The number of nitrogens with zero attached hydrogens (tertiary/aromatic N) is 3. The normalized spacial score (nSPS) is 15.9. The fraction of sp³-hybridized carbons (Fsp3) is 0.455. The number of aliphatic imine (C=N–C) groups is 1. The van der Waals surface area contributed by atoms with Gasteiger partial charge in [0.25, 0.3) is 0 Å². The van der Waals surface area contributed by atoms with Gasteiger partial charge in [0, 0.05) is 44.5 Å². The van der Waals surface area contributed by atoms with Gasteiger partial charge in [-0.05, 0) is 31.4 Å². The van der Waals surface area contributed by atoms with Crippen molar-refractivity contribution in [3.05, 3.63) is 59.8 Å². The van der Waals surface area contributed by atoms with E-state index in [1.54, 1.807) is 0 Å². The molecular formula is C22H31N5O. The van der Waals surface area contributed by atoms with Crippen molar-refractivity contribution in [1.82, 2.24) is 15.6 Å². The maximum absolute atomic E-state index is 5.46. The first-order valence-electron chi connectivity index (χ1n) is 10.0. The van der Waals surface area contributed by atoms with Gasteiger partial charge in [0.1, 0.15) is 5.82 Å². The van der Waals surface area contributed by atoms with Crippen LogP contribution in [0.4, 0.5) is 5.82 Å². The molecule has 3 rings (SSSR count). The average molecular weight is 382 g/mol. The third-order valence-corrected chi connectivity index (χ3v) is 4.94. The molecule has 28 heavy (non-hydrogen) atoms. The van der Waals surface area contributed by atoms with Crippen LogP contribution in [-0.2, 0) is 17.7 Å². The van der Waals surface area contributed by atoms with Crippen molar-refractivity contribution in [2.45, 2.75) is 32.4 Å². The average Bonchev–Trinajstić information content (AvgIpc) is 2.76. The molecule has 1 fully saturated rings. The van der Waals surface area contributed by atoms with Crippen LogP contribution in [0.25, 0.3) is 0 Å². The van der Waals surface area contributed by atoms with Gasteiger partial charge in [-0.15, -0.1) is 0 Å². The van der Waals surface area contributed by atoms with E-state index in [1.807, 2.05) is 19.3 Å². The van der Waals surface area contributed by atoms with Crippen LogP contribution in [0.2, 0.25) is 0 Å². The Bertz CT molecular complexity index is 744. The van der Waals surface area contributed by atoms with Crippen LogP contribution < -0.4 is 15.5 Å². The van der Waals surface area contributed by atoms with E-state index in [1.165, 1.54) is 11.1 Å². The molecule has 6 nitrogen and oxygen atoms in total. The first-order chi connectivity index (χ1) is 13.8. The Morgan fingerprint density at radius 1 is 1.18 bits per heavy atom. The van der Waals surface area contributed by atoms with Gasteiger partial charge < -0.3 is 20.3 Å². The third-order valence-electron chi connectivity index (χ3n) is 4.94. The lowest BCUT2D eigenvalue weighted by molar-refractivity contribution is 0.122. The summed E-state index contributed by atoms with van der Waals surface area (Å²) in [6, 6.07) is 15.0. The summed E-state index contributed by atoms with van der Waals surface area (Å²) in [5.74, 6) is 1.85. The topological polar surface area (TPSA) is 61.8 Å². The van der Waals surface area contributed by atoms with E-state index in [0.29, 0.717) is 12.6 Å². The Morgan fingerprint density at radius 2 is 1.96 bits per heavy atom. The number of ether oxygens (including phenoxy) is 1. The number of aryl methyl sites for hydroxylation is 1. The molecule has 1 unspecified atom stereocenters. The molecule has 2 aromatic rings. The summed E-state index contributed by atoms with van der Waals surface area (Å²) < 4.78 is 5.46. The van der Waals surface area contributed by atoms with Gasteiger partial charge in [-0.3, -0.25) is 4.99 Å². The lowest BCUT2D eigenvalue weighted by atomic mass is 10.1. The molecule has 0 saturated carbocycles. The Hall–Kier alpha value is -2.60. The van der Waals surface area contributed by atoms with Gasteiger partial charge in [-0.25, -0.2) is 4.98 Å². The molecule has 2 N–H and O–H groups in total. The van der Waals surface area contributed by atoms with Crippen LogP contribution in [-0.4, -0.2) is 50.3 Å². The molecule has 1 aromatic carbocycles. The van der Waals surface area contributed by atoms with Crippen LogP contribution in [0.3, 0.4) is 0 Å². The summed E-state index contributed by atoms with van der Waals surface area (Å²) in [6.45, 7) is 6.16. The zero-order valence-electron chi connectivity index (χ0n) is 16.9. The predicted molar refractivity (Wildman–Crippen MR) is 115 cm³/mol. The van der Waals surface area contributed by atoms with Gasteiger partial charge in [0.2, 0.25) is 0 Å². The summed E-state index contributed by atoms with van der Waals surface area (Å²) in [7, 11) is 1.81. The molecule has 0 bridgehead atoms. The van der Waals surface area contributed by atoms with Gasteiger partial charge in [0.15, 0.2) is 5.96 Å². The number of pyridine rings is 1. The molecule has 0 spiro atoms. The Balaban J connectivity index is 1.51. The largest absolute Gasteiger partial charge is 0.378 e. The van der Waals surface area contributed by atoms with Crippen LogP contribution in [0.1, 0.15) is 24.5 Å². The fourth-order valence-electron chi connectivity index (χ4n) is 3.34. The summed E-state index contributed by atoms with van der Waals surface area (Å²) in [6.07, 6.45) is 3.96. The van der Waals surface area contributed by atoms with Crippen LogP contribution in [0.5, 0.6) is 0 Å². The predicted octanol–water partition coefficient (Wildman–Crippen LogP) is 2.60. The van der Waals surface area contributed by atoms with Gasteiger partial charge in [0.05, 0.1) is 13.2 Å². The number of guanidine groups is 1. The minimum absolute atomic E-state index is 0.332. The van der Waals surface area contributed by atoms with E-state index in [9.17, 15) is 0 Å². The third kappa shape index (κ3) is 5.96. The molecule has 150 valence electrons. The number of rotatable bonds is 7. The highest BCUT2D eigenvalue weighted by Crippen LogP contribution is 2.18. The van der Waals surface area contributed by atoms with E-state index < -0.39 is 0 Å². The molecule has 1 saturated heterocycles. The highest BCUT2D eigenvalue weighted by molar-refractivity contribution is 5.80. The van der Waals surface area contributed by atoms with Gasteiger partial charge >= 0.3 is 0 Å². The second kappa shape index (κ2) is 10.7. The quantitative estimate of drug-likeness (QED) is 0.570. The molecule has 1 aromatic heterocycles. The van der Waals surface area contributed by atoms with Crippen molar-refractivity contribution in [2.75, 3.05) is 38.3 Å². The second-order valence-corrected chi connectivity index (χ2v) is 7.08. The van der Waals surface area contributed by atoms with Gasteiger partial charge in [-0.2, -0.15) is 0 Å². The number of morpholine rings is 1. The molecule has 1 atom stereocenters. The lowest BCUT2D eigenvalue weighted by Crippen LogP contribution is -2.42. The maximum atomic E-state index is 5.46. The van der Waals surface area contributed by atoms with E-state index in [2.05, 4.69) is 68.8 Å². The molecular weight excluding hydrogens is 350 g/mol. The number of benzene rings is 1.